The SMILES string of the molecule is CC(N)Cc1cc(OCCN2CCCCC2)ccc1Br. The van der Waals surface area contributed by atoms with E-state index in [-0.39, 0.29) is 6.04 Å². The predicted octanol–water partition coefficient (Wildman–Crippen LogP) is 3.20. The molecule has 1 aliphatic heterocycles. The molecule has 0 bridgehead atoms. The molecule has 2 rings (SSSR count). The van der Waals surface area contributed by atoms with Crippen molar-refractivity contribution >= 4 is 15.9 Å². The third-order valence-corrected chi connectivity index (χ3v) is 4.46. The largest absolute Gasteiger partial charge is 0.492 e. The number of rotatable bonds is 6. The van der Waals surface area contributed by atoms with Crippen LogP contribution in [0.2, 0.25) is 0 Å². The molecule has 0 spiro atoms. The number of likely N-dealkylation sites (tertiary alicyclic amines) is 1. The molecule has 1 aliphatic rings. The maximum absolute atomic E-state index is 5.88. The van der Waals surface area contributed by atoms with Crippen LogP contribution in [0.5, 0.6) is 5.75 Å². The smallest absolute Gasteiger partial charge is 0.119 e. The monoisotopic (exact) mass is 340 g/mol. The molecule has 1 saturated heterocycles. The predicted molar refractivity (Wildman–Crippen MR) is 87.3 cm³/mol. The topological polar surface area (TPSA) is 38.5 Å². The van der Waals surface area contributed by atoms with Crippen molar-refractivity contribution in [1.82, 2.24) is 4.90 Å². The Bertz CT molecular complexity index is 417. The first kappa shape index (κ1) is 15.8. The molecule has 1 unspecified atom stereocenters. The van der Waals surface area contributed by atoms with Crippen LogP contribution in [0.15, 0.2) is 22.7 Å². The van der Waals surface area contributed by atoms with E-state index in [0.717, 1.165) is 29.8 Å². The Morgan fingerprint density at radius 1 is 1.30 bits per heavy atom. The van der Waals surface area contributed by atoms with Crippen LogP contribution in [0.4, 0.5) is 0 Å². The van der Waals surface area contributed by atoms with Crippen molar-refractivity contribution in [2.45, 2.75) is 38.6 Å². The van der Waals surface area contributed by atoms with Crippen molar-refractivity contribution in [2.24, 2.45) is 5.73 Å². The highest BCUT2D eigenvalue weighted by molar-refractivity contribution is 9.10. The van der Waals surface area contributed by atoms with Gasteiger partial charge < -0.3 is 10.5 Å². The zero-order valence-electron chi connectivity index (χ0n) is 12.3. The molecule has 0 aromatic heterocycles. The van der Waals surface area contributed by atoms with E-state index in [2.05, 4.69) is 26.9 Å². The van der Waals surface area contributed by atoms with E-state index >= 15 is 0 Å². The highest BCUT2D eigenvalue weighted by Crippen LogP contribution is 2.23. The fourth-order valence-electron chi connectivity index (χ4n) is 2.62. The molecule has 2 N–H and O–H groups in total. The summed E-state index contributed by atoms with van der Waals surface area (Å²) in [6.45, 7) is 6.26. The summed E-state index contributed by atoms with van der Waals surface area (Å²) in [5, 5.41) is 0. The second-order valence-electron chi connectivity index (χ2n) is 5.69. The summed E-state index contributed by atoms with van der Waals surface area (Å²) < 4.78 is 6.99. The van der Waals surface area contributed by atoms with Crippen LogP contribution < -0.4 is 10.5 Å². The van der Waals surface area contributed by atoms with E-state index in [0.29, 0.717) is 0 Å². The van der Waals surface area contributed by atoms with Gasteiger partial charge in [-0.15, -0.1) is 0 Å². The lowest BCUT2D eigenvalue weighted by Gasteiger charge is -2.26. The van der Waals surface area contributed by atoms with Crippen molar-refractivity contribution < 1.29 is 4.74 Å². The van der Waals surface area contributed by atoms with Gasteiger partial charge >= 0.3 is 0 Å². The first-order valence-electron chi connectivity index (χ1n) is 7.54. The molecule has 112 valence electrons. The summed E-state index contributed by atoms with van der Waals surface area (Å²) in [6, 6.07) is 6.33. The molecule has 3 nitrogen and oxygen atoms in total. The quantitative estimate of drug-likeness (QED) is 0.864. The van der Waals surface area contributed by atoms with Gasteiger partial charge in [0.2, 0.25) is 0 Å². The number of halogens is 1. The Kier molecular flexibility index (Phi) is 6.33. The summed E-state index contributed by atoms with van der Waals surface area (Å²) in [5.74, 6) is 0.945. The highest BCUT2D eigenvalue weighted by Gasteiger charge is 2.10. The zero-order valence-corrected chi connectivity index (χ0v) is 13.9. The van der Waals surface area contributed by atoms with Crippen LogP contribution >= 0.6 is 15.9 Å². The van der Waals surface area contributed by atoms with Crippen LogP contribution in [-0.4, -0.2) is 37.2 Å². The van der Waals surface area contributed by atoms with E-state index in [1.165, 1.54) is 37.9 Å². The van der Waals surface area contributed by atoms with Gasteiger partial charge in [0.05, 0.1) is 0 Å². The van der Waals surface area contributed by atoms with Gasteiger partial charge in [0.1, 0.15) is 12.4 Å². The number of ether oxygens (including phenoxy) is 1. The summed E-state index contributed by atoms with van der Waals surface area (Å²) in [4.78, 5) is 2.49. The Hall–Kier alpha value is -0.580. The fraction of sp³-hybridized carbons (Fsp3) is 0.625. The lowest BCUT2D eigenvalue weighted by Crippen LogP contribution is -2.33. The lowest BCUT2D eigenvalue weighted by atomic mass is 10.1. The van der Waals surface area contributed by atoms with Crippen molar-refractivity contribution in [3.8, 4) is 5.75 Å². The van der Waals surface area contributed by atoms with Crippen molar-refractivity contribution in [3.05, 3.63) is 28.2 Å². The van der Waals surface area contributed by atoms with Crippen molar-refractivity contribution in [1.29, 1.82) is 0 Å². The van der Waals surface area contributed by atoms with Gasteiger partial charge in [-0.25, -0.2) is 0 Å². The lowest BCUT2D eigenvalue weighted by molar-refractivity contribution is 0.183. The van der Waals surface area contributed by atoms with Gasteiger partial charge in [-0.2, -0.15) is 0 Å². The second kappa shape index (κ2) is 8.01. The minimum absolute atomic E-state index is 0.162. The Balaban J connectivity index is 1.82. The maximum Gasteiger partial charge on any atom is 0.119 e. The first-order valence-corrected chi connectivity index (χ1v) is 8.33. The van der Waals surface area contributed by atoms with Gasteiger partial charge in [-0.1, -0.05) is 22.4 Å². The van der Waals surface area contributed by atoms with Crippen LogP contribution in [0, 0.1) is 0 Å². The average Bonchev–Trinajstić information content (AvgIpc) is 2.43. The Labute approximate surface area is 130 Å². The normalized spacial score (nSPS) is 17.9. The van der Waals surface area contributed by atoms with E-state index in [4.69, 9.17) is 10.5 Å². The van der Waals surface area contributed by atoms with Gasteiger partial charge in [-0.05, 0) is 63.0 Å². The van der Waals surface area contributed by atoms with Gasteiger partial charge in [0.15, 0.2) is 0 Å². The van der Waals surface area contributed by atoms with Crippen LogP contribution in [0.1, 0.15) is 31.7 Å². The molecule has 1 aromatic rings. The summed E-state index contributed by atoms with van der Waals surface area (Å²) in [5.41, 5.74) is 7.09. The minimum atomic E-state index is 0.162. The number of hydrogen-bond donors (Lipinski definition) is 1. The molecule has 1 fully saturated rings. The highest BCUT2D eigenvalue weighted by atomic mass is 79.9. The zero-order chi connectivity index (χ0) is 14.4. The standard InChI is InChI=1S/C16H25BrN2O/c1-13(18)11-14-12-15(5-6-16(14)17)20-10-9-19-7-3-2-4-8-19/h5-6,12-13H,2-4,7-11,18H2,1H3. The van der Waals surface area contributed by atoms with Crippen LogP contribution in [0.3, 0.4) is 0 Å². The van der Waals surface area contributed by atoms with Gasteiger partial charge in [0, 0.05) is 17.1 Å². The summed E-state index contributed by atoms with van der Waals surface area (Å²) in [7, 11) is 0. The molecule has 0 radical (unpaired) electrons. The number of hydrogen-bond acceptors (Lipinski definition) is 3. The van der Waals surface area contributed by atoms with Crippen LogP contribution in [0.25, 0.3) is 0 Å². The molecule has 20 heavy (non-hydrogen) atoms. The third-order valence-electron chi connectivity index (χ3n) is 3.68. The molecule has 0 saturated carbocycles. The molecule has 0 aliphatic carbocycles. The molecular formula is C16H25BrN2O. The minimum Gasteiger partial charge on any atom is -0.492 e. The fourth-order valence-corrected chi connectivity index (χ4v) is 3.03. The maximum atomic E-state index is 5.88. The molecule has 1 heterocycles. The second-order valence-corrected chi connectivity index (χ2v) is 6.54. The molecule has 1 atom stereocenters. The molecular weight excluding hydrogens is 316 g/mol. The average molecular weight is 341 g/mol. The molecule has 1 aromatic carbocycles. The molecule has 4 heteroatoms. The number of nitrogens with two attached hydrogens (primary N) is 1. The van der Waals surface area contributed by atoms with E-state index in [1.54, 1.807) is 0 Å². The Morgan fingerprint density at radius 2 is 2.05 bits per heavy atom. The van der Waals surface area contributed by atoms with Gasteiger partial charge in [0.25, 0.3) is 0 Å². The Morgan fingerprint density at radius 3 is 2.75 bits per heavy atom. The summed E-state index contributed by atoms with van der Waals surface area (Å²) >= 11 is 3.57. The third kappa shape index (κ3) is 5.08. The van der Waals surface area contributed by atoms with E-state index < -0.39 is 0 Å². The first-order chi connectivity index (χ1) is 9.65. The number of benzene rings is 1. The van der Waals surface area contributed by atoms with E-state index in [9.17, 15) is 0 Å². The summed E-state index contributed by atoms with van der Waals surface area (Å²) in [6.07, 6.45) is 4.91. The van der Waals surface area contributed by atoms with Crippen molar-refractivity contribution in [2.75, 3.05) is 26.2 Å². The number of piperidine rings is 1. The van der Waals surface area contributed by atoms with E-state index in [1.807, 2.05) is 19.1 Å². The molecule has 0 amide bonds. The van der Waals surface area contributed by atoms with Crippen LogP contribution in [-0.2, 0) is 6.42 Å². The van der Waals surface area contributed by atoms with Gasteiger partial charge in [-0.3, -0.25) is 4.90 Å². The number of nitrogens with zero attached hydrogens (tertiary/aromatic N) is 1. The van der Waals surface area contributed by atoms with Crippen molar-refractivity contribution in [3.63, 3.8) is 0 Å².